The Morgan fingerprint density at radius 2 is 1.58 bits per heavy atom. The molecule has 5 heteroatoms. The van der Waals surface area contributed by atoms with Crippen molar-refractivity contribution in [2.24, 2.45) is 0 Å². The zero-order valence-electron chi connectivity index (χ0n) is 21.0. The Hall–Kier alpha value is -2.79. The van der Waals surface area contributed by atoms with E-state index in [4.69, 9.17) is 4.74 Å². The van der Waals surface area contributed by atoms with Gasteiger partial charge in [0.15, 0.2) is 0 Å². The average molecular weight is 452 g/mol. The topological polar surface area (TPSA) is 44.8 Å². The second-order valence-corrected chi connectivity index (χ2v) is 8.11. The van der Waals surface area contributed by atoms with Gasteiger partial charge in [0, 0.05) is 37.1 Å². The summed E-state index contributed by atoms with van der Waals surface area (Å²) in [5.74, 6) is 0.795. The number of carbonyl (C=O) groups excluding carboxylic acids is 1. The van der Waals surface area contributed by atoms with Gasteiger partial charge in [0.05, 0.1) is 0 Å². The molecule has 2 aromatic rings. The van der Waals surface area contributed by atoms with Crippen LogP contribution in [0.2, 0.25) is 0 Å². The van der Waals surface area contributed by atoms with E-state index in [0.29, 0.717) is 5.56 Å². The van der Waals surface area contributed by atoms with E-state index in [1.807, 2.05) is 71.4 Å². The van der Waals surface area contributed by atoms with E-state index >= 15 is 0 Å². The standard InChI is InChI=1S/C24H28N2O2.C2H7N.C2H6/c1-25(20-11-13-21(14-12-20)26-17-5-6-18-26)24(27)19-9-15-23(16-10-19)28-22-7-3-2-4-8-22;1-3-2;1-2/h3,7,9-16,22H,2,4-6,8,17-18H2,1H3;3H,1-2H3;1-2H3. The van der Waals surface area contributed by atoms with E-state index in [-0.39, 0.29) is 12.0 Å². The highest BCUT2D eigenvalue weighted by Crippen LogP contribution is 2.25. The van der Waals surface area contributed by atoms with Gasteiger partial charge >= 0.3 is 0 Å². The van der Waals surface area contributed by atoms with E-state index in [1.165, 1.54) is 24.9 Å². The van der Waals surface area contributed by atoms with Crippen LogP contribution in [0, 0.1) is 0 Å². The number of nitrogens with zero attached hydrogens (tertiary/aromatic N) is 2. The van der Waals surface area contributed by atoms with Crippen LogP contribution in [0.25, 0.3) is 0 Å². The first-order valence-corrected chi connectivity index (χ1v) is 12.3. The van der Waals surface area contributed by atoms with Crippen LogP contribution in [0.15, 0.2) is 60.7 Å². The molecule has 0 aromatic heterocycles. The van der Waals surface area contributed by atoms with Crippen LogP contribution in [0.4, 0.5) is 11.4 Å². The van der Waals surface area contributed by atoms with Crippen molar-refractivity contribution in [3.05, 3.63) is 66.2 Å². The summed E-state index contributed by atoms with van der Waals surface area (Å²) in [7, 11) is 5.57. The van der Waals surface area contributed by atoms with Gasteiger partial charge in [-0.05, 0) is 101 Å². The van der Waals surface area contributed by atoms with Crippen LogP contribution in [-0.4, -0.2) is 46.2 Å². The molecule has 1 aliphatic carbocycles. The summed E-state index contributed by atoms with van der Waals surface area (Å²) in [4.78, 5) is 16.9. The molecule has 2 aliphatic rings. The largest absolute Gasteiger partial charge is 0.486 e. The fourth-order valence-corrected chi connectivity index (χ4v) is 3.90. The molecule has 0 saturated carbocycles. The van der Waals surface area contributed by atoms with Gasteiger partial charge < -0.3 is 19.9 Å². The number of hydrogen-bond acceptors (Lipinski definition) is 4. The third kappa shape index (κ3) is 7.93. The molecular formula is C28H41N3O2. The average Bonchev–Trinajstić information content (AvgIpc) is 3.41. The Morgan fingerprint density at radius 1 is 0.970 bits per heavy atom. The normalized spacial score (nSPS) is 16.8. The first kappa shape index (κ1) is 26.5. The monoisotopic (exact) mass is 451 g/mol. The second kappa shape index (κ2) is 14.4. The predicted octanol–water partition coefficient (Wildman–Crippen LogP) is 5.91. The number of anilines is 2. The van der Waals surface area contributed by atoms with E-state index < -0.39 is 0 Å². The summed E-state index contributed by atoms with van der Waals surface area (Å²) in [6.45, 7) is 6.25. The smallest absolute Gasteiger partial charge is 0.258 e. The number of ether oxygens (including phenoxy) is 1. The molecule has 1 N–H and O–H groups in total. The van der Waals surface area contributed by atoms with Crippen molar-refractivity contribution < 1.29 is 9.53 Å². The summed E-state index contributed by atoms with van der Waals surface area (Å²) in [6.07, 6.45) is 10.3. The van der Waals surface area contributed by atoms with Gasteiger partial charge in [-0.1, -0.05) is 19.9 Å². The number of benzene rings is 2. The van der Waals surface area contributed by atoms with Crippen molar-refractivity contribution in [1.82, 2.24) is 5.32 Å². The quantitative estimate of drug-likeness (QED) is 0.574. The number of amides is 1. The minimum absolute atomic E-state index is 0.0157. The maximum Gasteiger partial charge on any atom is 0.258 e. The Labute approximate surface area is 200 Å². The van der Waals surface area contributed by atoms with Gasteiger partial charge in [-0.3, -0.25) is 4.79 Å². The molecule has 1 heterocycles. The summed E-state index contributed by atoms with van der Waals surface area (Å²) in [5, 5.41) is 2.75. The highest BCUT2D eigenvalue weighted by atomic mass is 16.5. The molecule has 1 unspecified atom stereocenters. The van der Waals surface area contributed by atoms with Gasteiger partial charge in [-0.25, -0.2) is 0 Å². The van der Waals surface area contributed by atoms with E-state index in [1.54, 1.807) is 4.90 Å². The summed E-state index contributed by atoms with van der Waals surface area (Å²) >= 11 is 0. The molecule has 4 rings (SSSR count). The van der Waals surface area contributed by atoms with Crippen molar-refractivity contribution in [1.29, 1.82) is 0 Å². The third-order valence-electron chi connectivity index (χ3n) is 5.61. The molecule has 180 valence electrons. The summed E-state index contributed by atoms with van der Waals surface area (Å²) < 4.78 is 5.98. The van der Waals surface area contributed by atoms with E-state index in [0.717, 1.165) is 37.4 Å². The Bertz CT molecular complexity index is 840. The third-order valence-corrected chi connectivity index (χ3v) is 5.61. The molecule has 1 fully saturated rings. The molecule has 1 amide bonds. The zero-order chi connectivity index (χ0) is 24.1. The van der Waals surface area contributed by atoms with Crippen molar-refractivity contribution in [2.45, 2.75) is 52.1 Å². The van der Waals surface area contributed by atoms with Crippen LogP contribution in [-0.2, 0) is 0 Å². The summed E-state index contributed by atoms with van der Waals surface area (Å²) in [6, 6.07) is 15.7. The highest BCUT2D eigenvalue weighted by molar-refractivity contribution is 6.05. The molecule has 0 spiro atoms. The van der Waals surface area contributed by atoms with Gasteiger partial charge in [0.25, 0.3) is 5.91 Å². The van der Waals surface area contributed by atoms with Crippen LogP contribution >= 0.6 is 0 Å². The van der Waals surface area contributed by atoms with Crippen LogP contribution in [0.5, 0.6) is 5.75 Å². The van der Waals surface area contributed by atoms with E-state index in [2.05, 4.69) is 34.5 Å². The fraction of sp³-hybridized carbons (Fsp3) is 0.464. The summed E-state index contributed by atoms with van der Waals surface area (Å²) in [5.41, 5.74) is 2.80. The lowest BCUT2D eigenvalue weighted by atomic mass is 10.1. The Balaban J connectivity index is 0.000000714. The fourth-order valence-electron chi connectivity index (χ4n) is 3.90. The maximum atomic E-state index is 12.9. The molecule has 1 atom stereocenters. The maximum absolute atomic E-state index is 12.9. The van der Waals surface area contributed by atoms with Crippen molar-refractivity contribution in [3.8, 4) is 5.75 Å². The van der Waals surface area contributed by atoms with Crippen molar-refractivity contribution in [3.63, 3.8) is 0 Å². The first-order chi connectivity index (χ1) is 16.1. The SMILES string of the molecule is CC.CN(C(=O)c1ccc(OC2C=CCCC2)cc1)c1ccc(N2CCCC2)cc1.CNC. The highest BCUT2D eigenvalue weighted by Gasteiger charge is 2.16. The second-order valence-electron chi connectivity index (χ2n) is 8.11. The predicted molar refractivity (Wildman–Crippen MR) is 141 cm³/mol. The number of nitrogens with one attached hydrogen (secondary N) is 1. The minimum atomic E-state index is -0.0157. The van der Waals surface area contributed by atoms with Gasteiger partial charge in [-0.2, -0.15) is 0 Å². The van der Waals surface area contributed by atoms with Gasteiger partial charge in [0.1, 0.15) is 11.9 Å². The van der Waals surface area contributed by atoms with Crippen molar-refractivity contribution >= 4 is 17.3 Å². The lowest BCUT2D eigenvalue weighted by molar-refractivity contribution is 0.0993. The number of rotatable bonds is 5. The molecule has 1 saturated heterocycles. The zero-order valence-corrected chi connectivity index (χ0v) is 21.0. The van der Waals surface area contributed by atoms with Crippen LogP contribution in [0.1, 0.15) is 56.3 Å². The first-order valence-electron chi connectivity index (χ1n) is 12.3. The van der Waals surface area contributed by atoms with Crippen LogP contribution < -0.4 is 19.9 Å². The molecular weight excluding hydrogens is 410 g/mol. The van der Waals surface area contributed by atoms with E-state index in [9.17, 15) is 4.79 Å². The number of hydrogen-bond donors (Lipinski definition) is 1. The molecule has 1 aliphatic heterocycles. The lowest BCUT2D eigenvalue weighted by Crippen LogP contribution is -2.26. The Kier molecular flexibility index (Phi) is 11.5. The lowest BCUT2D eigenvalue weighted by Gasteiger charge is -2.21. The molecule has 33 heavy (non-hydrogen) atoms. The van der Waals surface area contributed by atoms with Crippen molar-refractivity contribution in [2.75, 3.05) is 44.0 Å². The van der Waals surface area contributed by atoms with Gasteiger partial charge in [-0.15, -0.1) is 0 Å². The van der Waals surface area contributed by atoms with Crippen LogP contribution in [0.3, 0.4) is 0 Å². The minimum Gasteiger partial charge on any atom is -0.486 e. The number of carbonyl (C=O) groups is 1. The molecule has 0 radical (unpaired) electrons. The molecule has 2 aromatic carbocycles. The molecule has 0 bridgehead atoms. The Morgan fingerprint density at radius 3 is 2.12 bits per heavy atom. The van der Waals surface area contributed by atoms with Gasteiger partial charge in [0.2, 0.25) is 0 Å². The molecule has 5 nitrogen and oxygen atoms in total. The number of allylic oxidation sites excluding steroid dienone is 1.